The molecule has 1 N–H and O–H groups in total. The second-order valence-electron chi connectivity index (χ2n) is 11.0. The Bertz CT molecular complexity index is 1840. The van der Waals surface area contributed by atoms with E-state index in [-0.39, 0.29) is 17.1 Å². The number of rotatable bonds is 6. The predicted molar refractivity (Wildman–Crippen MR) is 156 cm³/mol. The smallest absolute Gasteiger partial charge is 0.410 e. The Morgan fingerprint density at radius 1 is 0.932 bits per heavy atom. The van der Waals surface area contributed by atoms with Crippen LogP contribution in [-0.2, 0) is 14.8 Å². The first-order valence-corrected chi connectivity index (χ1v) is 14.9. The number of pyridine rings is 1. The van der Waals surface area contributed by atoms with Crippen LogP contribution in [-0.4, -0.2) is 73.3 Å². The van der Waals surface area contributed by atoms with E-state index in [4.69, 9.17) is 9.47 Å². The zero-order chi connectivity index (χ0) is 31.8. The molecule has 1 saturated heterocycles. The summed E-state index contributed by atoms with van der Waals surface area (Å²) in [5.41, 5.74) is -0.0899. The maximum atomic E-state index is 15.4. The summed E-state index contributed by atoms with van der Waals surface area (Å²) in [5.74, 6) is -2.55. The normalized spacial score (nSPS) is 14.1. The fraction of sp³-hybridized carbons (Fsp3) is 0.310. The van der Waals surface area contributed by atoms with E-state index in [9.17, 15) is 22.0 Å². The molecule has 3 heterocycles. The minimum atomic E-state index is -4.53. The first kappa shape index (κ1) is 30.8. The Hall–Kier alpha value is -4.66. The van der Waals surface area contributed by atoms with Crippen molar-refractivity contribution >= 4 is 38.5 Å². The number of hydrogen-bond donors (Lipinski definition) is 1. The lowest BCUT2D eigenvalue weighted by Gasteiger charge is -2.36. The van der Waals surface area contributed by atoms with Crippen molar-refractivity contribution in [2.24, 2.45) is 0 Å². The number of nitrogens with one attached hydrogen (secondary N) is 1. The largest absolute Gasteiger partial charge is 0.480 e. The number of anilines is 2. The van der Waals surface area contributed by atoms with E-state index in [1.54, 1.807) is 31.7 Å². The van der Waals surface area contributed by atoms with Gasteiger partial charge in [-0.25, -0.2) is 41.3 Å². The van der Waals surface area contributed by atoms with Crippen molar-refractivity contribution in [3.63, 3.8) is 0 Å². The SMILES string of the molecule is COc1ncc(-c2cc(F)c3ncnc(N4CCN(C(=O)OC(C)(C)C)CC4)c3c2)cc1NS(=O)(=O)c1ccc(F)cc1F. The van der Waals surface area contributed by atoms with Gasteiger partial charge in [-0.15, -0.1) is 0 Å². The van der Waals surface area contributed by atoms with Gasteiger partial charge in [0.1, 0.15) is 51.3 Å². The lowest BCUT2D eigenvalue weighted by atomic mass is 10.0. The molecule has 0 atom stereocenters. The fourth-order valence-corrected chi connectivity index (χ4v) is 5.80. The number of amides is 1. The first-order chi connectivity index (χ1) is 20.8. The molecule has 0 aliphatic carbocycles. The molecule has 1 amide bonds. The number of carbonyl (C=O) groups excluding carboxylic acids is 1. The molecule has 0 spiro atoms. The lowest BCUT2D eigenvalue weighted by Crippen LogP contribution is -2.50. The predicted octanol–water partition coefficient (Wildman–Crippen LogP) is 4.98. The van der Waals surface area contributed by atoms with Gasteiger partial charge in [-0.1, -0.05) is 0 Å². The van der Waals surface area contributed by atoms with Crippen LogP contribution in [0.1, 0.15) is 20.8 Å². The molecular weight excluding hydrogens is 601 g/mol. The highest BCUT2D eigenvalue weighted by atomic mass is 32.2. The van der Waals surface area contributed by atoms with Crippen LogP contribution in [0.2, 0.25) is 0 Å². The molecule has 2 aromatic carbocycles. The number of benzene rings is 2. The van der Waals surface area contributed by atoms with Gasteiger partial charge in [0.05, 0.1) is 7.11 Å². The molecule has 11 nitrogen and oxygen atoms in total. The molecule has 0 bridgehead atoms. The first-order valence-electron chi connectivity index (χ1n) is 13.4. The van der Waals surface area contributed by atoms with E-state index < -0.39 is 44.1 Å². The van der Waals surface area contributed by atoms with Crippen molar-refractivity contribution < 1.29 is 35.9 Å². The monoisotopic (exact) mass is 630 g/mol. The Morgan fingerprint density at radius 3 is 2.32 bits per heavy atom. The lowest BCUT2D eigenvalue weighted by molar-refractivity contribution is 0.0240. The van der Waals surface area contributed by atoms with Crippen LogP contribution in [0.4, 0.5) is 29.5 Å². The summed E-state index contributed by atoms with van der Waals surface area (Å²) in [6.07, 6.45) is 2.20. The fourth-order valence-electron chi connectivity index (χ4n) is 4.70. The Balaban J connectivity index is 1.47. The van der Waals surface area contributed by atoms with Crippen LogP contribution in [0.15, 0.2) is 53.8 Å². The molecule has 0 saturated carbocycles. The number of piperazine rings is 1. The second-order valence-corrected chi connectivity index (χ2v) is 12.6. The van der Waals surface area contributed by atoms with Gasteiger partial charge in [-0.05, 0) is 56.7 Å². The van der Waals surface area contributed by atoms with E-state index in [2.05, 4.69) is 19.7 Å². The highest BCUT2D eigenvalue weighted by Gasteiger charge is 2.28. The van der Waals surface area contributed by atoms with Gasteiger partial charge < -0.3 is 19.3 Å². The van der Waals surface area contributed by atoms with E-state index in [1.807, 2.05) is 4.90 Å². The summed E-state index contributed by atoms with van der Waals surface area (Å²) in [4.78, 5) is 27.9. The van der Waals surface area contributed by atoms with Gasteiger partial charge in [-0.2, -0.15) is 0 Å². The summed E-state index contributed by atoms with van der Waals surface area (Å²) < 4.78 is 81.9. The van der Waals surface area contributed by atoms with Gasteiger partial charge in [0, 0.05) is 49.4 Å². The summed E-state index contributed by atoms with van der Waals surface area (Å²) in [7, 11) is -3.26. The number of sulfonamides is 1. The number of hydrogen-bond acceptors (Lipinski definition) is 9. The number of carbonyl (C=O) groups is 1. The third-order valence-electron chi connectivity index (χ3n) is 6.71. The van der Waals surface area contributed by atoms with Crippen LogP contribution in [0.5, 0.6) is 5.88 Å². The Morgan fingerprint density at radius 2 is 1.66 bits per heavy atom. The number of methoxy groups -OCH3 is 1. The Kier molecular flexibility index (Phi) is 8.25. The van der Waals surface area contributed by atoms with Gasteiger partial charge in [-0.3, -0.25) is 4.72 Å². The zero-order valence-corrected chi connectivity index (χ0v) is 25.1. The van der Waals surface area contributed by atoms with Crippen molar-refractivity contribution in [3.05, 3.63) is 66.4 Å². The number of fused-ring (bicyclic) bond motifs is 1. The van der Waals surface area contributed by atoms with Crippen molar-refractivity contribution in [1.82, 2.24) is 19.9 Å². The van der Waals surface area contributed by atoms with Crippen molar-refractivity contribution in [2.45, 2.75) is 31.3 Å². The average Bonchev–Trinajstić information content (AvgIpc) is 2.95. The van der Waals surface area contributed by atoms with Crippen LogP contribution >= 0.6 is 0 Å². The quantitative estimate of drug-likeness (QED) is 0.314. The number of ether oxygens (including phenoxy) is 2. The average molecular weight is 631 g/mol. The van der Waals surface area contributed by atoms with Crippen molar-refractivity contribution in [3.8, 4) is 17.0 Å². The summed E-state index contributed by atoms with van der Waals surface area (Å²) >= 11 is 0. The second kappa shape index (κ2) is 11.8. The molecule has 1 aliphatic rings. The van der Waals surface area contributed by atoms with Gasteiger partial charge in [0.25, 0.3) is 10.0 Å². The van der Waals surface area contributed by atoms with Crippen molar-refractivity contribution in [2.75, 3.05) is 42.9 Å². The van der Waals surface area contributed by atoms with Crippen LogP contribution in [0.25, 0.3) is 22.0 Å². The third kappa shape index (κ3) is 6.46. The molecule has 44 heavy (non-hydrogen) atoms. The molecule has 0 radical (unpaired) electrons. The van der Waals surface area contributed by atoms with E-state index in [0.717, 1.165) is 12.1 Å². The number of aromatic nitrogens is 3. The Labute approximate surface area is 251 Å². The van der Waals surface area contributed by atoms with Gasteiger partial charge in [0.15, 0.2) is 0 Å². The minimum absolute atomic E-state index is 0.0718. The zero-order valence-electron chi connectivity index (χ0n) is 24.3. The summed E-state index contributed by atoms with van der Waals surface area (Å²) in [6.45, 7) is 6.93. The summed E-state index contributed by atoms with van der Waals surface area (Å²) in [5, 5.41) is 0.388. The number of nitrogens with zero attached hydrogens (tertiary/aromatic N) is 5. The van der Waals surface area contributed by atoms with E-state index in [0.29, 0.717) is 54.6 Å². The molecule has 232 valence electrons. The standard InChI is InChI=1S/C29H29F3N6O5S/c1-29(2,3)43-28(39)38-9-7-37(8-10-38)26-20-11-17(12-22(32)25(20)34-16-35-26)18-13-23(27(42-4)33-15-18)36-44(40,41)24-6-5-19(30)14-21(24)31/h5-6,11-16,36H,7-10H2,1-4H3. The van der Waals surface area contributed by atoms with Gasteiger partial charge in [0.2, 0.25) is 5.88 Å². The van der Waals surface area contributed by atoms with E-state index >= 15 is 4.39 Å². The molecule has 2 aromatic heterocycles. The maximum absolute atomic E-state index is 15.4. The van der Waals surface area contributed by atoms with Crippen LogP contribution < -0.4 is 14.4 Å². The number of halogens is 3. The van der Waals surface area contributed by atoms with Crippen molar-refractivity contribution in [1.29, 1.82) is 0 Å². The molecule has 1 aliphatic heterocycles. The van der Waals surface area contributed by atoms with Crippen LogP contribution in [0, 0.1) is 17.5 Å². The van der Waals surface area contributed by atoms with Crippen LogP contribution in [0.3, 0.4) is 0 Å². The third-order valence-corrected chi connectivity index (χ3v) is 8.11. The highest BCUT2D eigenvalue weighted by Crippen LogP contribution is 2.35. The summed E-state index contributed by atoms with van der Waals surface area (Å²) in [6, 6.07) is 6.29. The molecule has 0 unspecified atom stereocenters. The molecule has 4 aromatic rings. The molecule has 5 rings (SSSR count). The highest BCUT2D eigenvalue weighted by molar-refractivity contribution is 7.92. The molecule has 1 fully saturated rings. The van der Waals surface area contributed by atoms with Gasteiger partial charge >= 0.3 is 6.09 Å². The topological polar surface area (TPSA) is 127 Å². The minimum Gasteiger partial charge on any atom is -0.480 e. The molecular formula is C29H29F3N6O5S. The molecule has 15 heteroatoms. The maximum Gasteiger partial charge on any atom is 0.410 e. The van der Waals surface area contributed by atoms with E-state index in [1.165, 1.54) is 31.8 Å².